The first-order chi connectivity index (χ1) is 18.8. The second-order valence-corrected chi connectivity index (χ2v) is 12.1. The number of rotatable bonds is 7. The number of nitrogens with zero attached hydrogens (tertiary/aromatic N) is 2. The molecule has 8 nitrogen and oxygen atoms in total. The Bertz CT molecular complexity index is 1940. The van der Waals surface area contributed by atoms with E-state index in [9.17, 15) is 18.0 Å². The van der Waals surface area contributed by atoms with Crippen molar-refractivity contribution in [3.05, 3.63) is 99.2 Å². The van der Waals surface area contributed by atoms with Crippen LogP contribution in [0, 0.1) is 0 Å². The van der Waals surface area contributed by atoms with E-state index >= 15 is 0 Å². The summed E-state index contributed by atoms with van der Waals surface area (Å²) >= 11 is 6.61. The van der Waals surface area contributed by atoms with Crippen LogP contribution in [0.3, 0.4) is 0 Å². The SMILES string of the molecule is CCc1ccc2c(c1)c(-c1ccc[nH]c1=O)c(C(=O)NS(=O)(=O)C1CC1)n2Cc1cc2ccccc2nc1Cl. The van der Waals surface area contributed by atoms with E-state index in [4.69, 9.17) is 11.6 Å². The third-order valence-corrected chi connectivity index (χ3v) is 9.26. The van der Waals surface area contributed by atoms with E-state index in [1.54, 1.807) is 16.7 Å². The van der Waals surface area contributed by atoms with Gasteiger partial charge in [-0.25, -0.2) is 18.1 Å². The number of carbonyl (C=O) groups is 1. The first kappa shape index (κ1) is 25.3. The van der Waals surface area contributed by atoms with Gasteiger partial charge in [0.25, 0.3) is 11.5 Å². The lowest BCUT2D eigenvalue weighted by Crippen LogP contribution is -2.35. The Morgan fingerprint density at radius 3 is 2.67 bits per heavy atom. The van der Waals surface area contributed by atoms with E-state index < -0.39 is 21.2 Å². The smallest absolute Gasteiger partial charge is 0.282 e. The third kappa shape index (κ3) is 4.62. The zero-order valence-electron chi connectivity index (χ0n) is 21.1. The van der Waals surface area contributed by atoms with Gasteiger partial charge in [-0.1, -0.05) is 42.8 Å². The van der Waals surface area contributed by atoms with Crippen molar-refractivity contribution in [1.82, 2.24) is 19.3 Å². The number of pyridine rings is 2. The molecule has 0 spiro atoms. The molecule has 0 bridgehead atoms. The van der Waals surface area contributed by atoms with Crippen molar-refractivity contribution in [1.29, 1.82) is 0 Å². The van der Waals surface area contributed by atoms with Crippen molar-refractivity contribution in [2.45, 2.75) is 38.0 Å². The van der Waals surface area contributed by atoms with Gasteiger partial charge in [-0.3, -0.25) is 9.59 Å². The number of carbonyl (C=O) groups excluding carboxylic acids is 1. The molecule has 0 aliphatic heterocycles. The number of hydrogen-bond donors (Lipinski definition) is 2. The Kier molecular flexibility index (Phi) is 6.28. The first-order valence-corrected chi connectivity index (χ1v) is 14.6. The Balaban J connectivity index is 1.63. The highest BCUT2D eigenvalue weighted by atomic mass is 35.5. The van der Waals surface area contributed by atoms with E-state index in [1.165, 1.54) is 6.20 Å². The summed E-state index contributed by atoms with van der Waals surface area (Å²) in [5.41, 5.74) is 3.40. The number of amides is 1. The van der Waals surface area contributed by atoms with Gasteiger partial charge in [0.2, 0.25) is 10.0 Å². The maximum atomic E-state index is 13.9. The van der Waals surface area contributed by atoms with Crippen LogP contribution in [-0.2, 0) is 23.0 Å². The first-order valence-electron chi connectivity index (χ1n) is 12.7. The van der Waals surface area contributed by atoms with Gasteiger partial charge in [0.1, 0.15) is 10.8 Å². The average Bonchev–Trinajstić information content (AvgIpc) is 3.73. The molecule has 1 aliphatic carbocycles. The molecule has 0 radical (unpaired) electrons. The minimum atomic E-state index is -3.86. The molecule has 3 aromatic heterocycles. The molecule has 1 saturated carbocycles. The lowest BCUT2D eigenvalue weighted by atomic mass is 10.0. The summed E-state index contributed by atoms with van der Waals surface area (Å²) < 4.78 is 29.7. The van der Waals surface area contributed by atoms with Crippen molar-refractivity contribution in [3.63, 3.8) is 0 Å². The van der Waals surface area contributed by atoms with Crippen LogP contribution in [0.4, 0.5) is 0 Å². The number of nitrogens with one attached hydrogen (secondary N) is 2. The Hall–Kier alpha value is -3.95. The predicted molar refractivity (Wildman–Crippen MR) is 153 cm³/mol. The van der Waals surface area contributed by atoms with Gasteiger partial charge >= 0.3 is 0 Å². The molecule has 1 amide bonds. The molecule has 0 saturated heterocycles. The maximum absolute atomic E-state index is 13.9. The van der Waals surface area contributed by atoms with Gasteiger partial charge in [0.05, 0.1) is 17.3 Å². The summed E-state index contributed by atoms with van der Waals surface area (Å²) in [6.45, 7) is 2.15. The molecule has 1 fully saturated rings. The Morgan fingerprint density at radius 1 is 1.13 bits per heavy atom. The average molecular weight is 561 g/mol. The number of H-pyrrole nitrogens is 1. The van der Waals surface area contributed by atoms with Crippen LogP contribution >= 0.6 is 11.6 Å². The highest BCUT2D eigenvalue weighted by Gasteiger charge is 2.38. The van der Waals surface area contributed by atoms with Crippen LogP contribution in [0.15, 0.2) is 71.7 Å². The number of sulfonamides is 1. The molecular formula is C29H25ClN4O4S. The zero-order valence-corrected chi connectivity index (χ0v) is 22.6. The fourth-order valence-corrected chi connectivity index (χ4v) is 6.45. The molecule has 39 heavy (non-hydrogen) atoms. The second-order valence-electron chi connectivity index (χ2n) is 9.73. The molecule has 0 unspecified atom stereocenters. The molecule has 3 heterocycles. The Labute approximate surface area is 229 Å². The monoisotopic (exact) mass is 560 g/mol. The topological polar surface area (TPSA) is 114 Å². The lowest BCUT2D eigenvalue weighted by Gasteiger charge is -2.14. The molecule has 6 rings (SSSR count). The standard InChI is InChI=1S/C29H25ClN4O4S/c1-2-17-9-12-24-22(14-17)25(21-7-5-13-31-28(21)35)26(29(36)33-39(37,38)20-10-11-20)34(24)16-19-15-18-6-3-4-8-23(18)32-27(19)30/h3-9,12-15,20H,2,10-11,16H2,1H3,(H,31,35)(H,33,36). The number of aromatic nitrogens is 3. The van der Waals surface area contributed by atoms with Crippen LogP contribution in [0.5, 0.6) is 0 Å². The molecule has 5 aromatic rings. The van der Waals surface area contributed by atoms with Gasteiger partial charge in [-0.2, -0.15) is 0 Å². The van der Waals surface area contributed by atoms with Crippen molar-refractivity contribution in [2.24, 2.45) is 0 Å². The summed E-state index contributed by atoms with van der Waals surface area (Å²) in [5, 5.41) is 1.24. The van der Waals surface area contributed by atoms with Crippen LogP contribution in [0.25, 0.3) is 32.9 Å². The van der Waals surface area contributed by atoms with Crippen LogP contribution in [0.1, 0.15) is 41.4 Å². The van der Waals surface area contributed by atoms with Crippen molar-refractivity contribution < 1.29 is 13.2 Å². The molecule has 2 N–H and O–H groups in total. The summed E-state index contributed by atoms with van der Waals surface area (Å²) in [7, 11) is -3.86. The zero-order chi connectivity index (χ0) is 27.3. The van der Waals surface area contributed by atoms with E-state index in [1.807, 2.05) is 55.5 Å². The fourth-order valence-electron chi connectivity index (χ4n) is 4.97. The maximum Gasteiger partial charge on any atom is 0.282 e. The number of aromatic amines is 1. The predicted octanol–water partition coefficient (Wildman–Crippen LogP) is 5.03. The number of benzene rings is 2. The summed E-state index contributed by atoms with van der Waals surface area (Å²) in [4.78, 5) is 34.1. The number of hydrogen-bond acceptors (Lipinski definition) is 5. The highest BCUT2D eigenvalue weighted by molar-refractivity contribution is 7.91. The van der Waals surface area contributed by atoms with Crippen molar-refractivity contribution in [3.8, 4) is 11.1 Å². The van der Waals surface area contributed by atoms with Gasteiger partial charge < -0.3 is 9.55 Å². The number of aryl methyl sites for hydroxylation is 1. The van der Waals surface area contributed by atoms with Crippen LogP contribution in [-0.4, -0.2) is 34.1 Å². The number of halogens is 1. The molecule has 10 heteroatoms. The van der Waals surface area contributed by atoms with E-state index in [2.05, 4.69) is 14.7 Å². The fraction of sp³-hybridized carbons (Fsp3) is 0.207. The summed E-state index contributed by atoms with van der Waals surface area (Å²) in [6.07, 6.45) is 3.27. The molecule has 1 aliphatic rings. The van der Waals surface area contributed by atoms with Gasteiger partial charge in [-0.05, 0) is 61.2 Å². The third-order valence-electron chi connectivity index (χ3n) is 7.12. The molecule has 198 valence electrons. The quantitative estimate of drug-likeness (QED) is 0.271. The lowest BCUT2D eigenvalue weighted by molar-refractivity contribution is 0.0974. The number of para-hydroxylation sites is 1. The molecular weight excluding hydrogens is 536 g/mol. The van der Waals surface area contributed by atoms with Crippen LogP contribution < -0.4 is 10.3 Å². The minimum absolute atomic E-state index is 0.0726. The Morgan fingerprint density at radius 2 is 1.92 bits per heavy atom. The minimum Gasteiger partial charge on any atom is -0.331 e. The second kappa shape index (κ2) is 9.66. The highest BCUT2D eigenvalue weighted by Crippen LogP contribution is 2.36. The molecule has 0 atom stereocenters. The number of fused-ring (bicyclic) bond motifs is 2. The van der Waals surface area contributed by atoms with E-state index in [-0.39, 0.29) is 28.5 Å². The summed E-state index contributed by atoms with van der Waals surface area (Å²) in [5.74, 6) is -0.792. The van der Waals surface area contributed by atoms with Crippen molar-refractivity contribution >= 4 is 49.3 Å². The van der Waals surface area contributed by atoms with Gasteiger partial charge in [-0.15, -0.1) is 0 Å². The van der Waals surface area contributed by atoms with E-state index in [0.29, 0.717) is 34.9 Å². The van der Waals surface area contributed by atoms with Gasteiger partial charge in [0.15, 0.2) is 0 Å². The largest absolute Gasteiger partial charge is 0.331 e. The summed E-state index contributed by atoms with van der Waals surface area (Å²) in [6, 6.07) is 18.6. The molecule has 2 aromatic carbocycles. The van der Waals surface area contributed by atoms with Gasteiger partial charge in [0, 0.05) is 39.2 Å². The van der Waals surface area contributed by atoms with Crippen LogP contribution in [0.2, 0.25) is 5.15 Å². The normalized spacial score (nSPS) is 13.7. The van der Waals surface area contributed by atoms with Crippen molar-refractivity contribution in [2.75, 3.05) is 0 Å². The van der Waals surface area contributed by atoms with E-state index in [0.717, 1.165) is 22.9 Å².